The Morgan fingerprint density at radius 2 is 1.92 bits per heavy atom. The molecule has 1 saturated carbocycles. The zero-order valence-electron chi connectivity index (χ0n) is 20.1. The number of aromatic amines is 1. The molecule has 12 heteroatoms. The molecule has 0 bridgehead atoms. The molecule has 2 saturated heterocycles. The molecule has 3 heterocycles. The number of aryl methyl sites for hydroxylation is 1. The number of halogens is 5. The summed E-state index contributed by atoms with van der Waals surface area (Å²) in [5, 5.41) is 7.48. The van der Waals surface area contributed by atoms with Crippen LogP contribution in [0.25, 0.3) is 10.9 Å². The summed E-state index contributed by atoms with van der Waals surface area (Å²) in [6.45, 7) is 2.10. The van der Waals surface area contributed by atoms with Crippen molar-refractivity contribution in [2.45, 2.75) is 43.4 Å². The number of nitrogens with zero attached hydrogens (tertiary/aromatic N) is 2. The van der Waals surface area contributed by atoms with Crippen molar-refractivity contribution >= 4 is 22.7 Å². The second-order valence-electron chi connectivity index (χ2n) is 10.5. The lowest BCUT2D eigenvalue weighted by atomic mass is 9.75. The lowest BCUT2D eigenvalue weighted by molar-refractivity contribution is -0.140. The molecule has 3 unspecified atom stereocenters. The standard InChI is InChI=1S/C26H23F5N4O3/c1-11-2-12-8-33-34-22(12)16(3-11)24(37)35-20(23(32)36)4-14-7-25(14,35)21(13-9-38-10-13)15-5-19(28)17(6-18(15)27)26(29,30)31/h2-3,5-6,8,13-14,20-21H,4,7,9-10H2,1H3,(H2,32,36)(H,33,34)/t14?,20?,21-,25?/m1/s1. The van der Waals surface area contributed by atoms with E-state index in [0.29, 0.717) is 23.4 Å². The van der Waals surface area contributed by atoms with Gasteiger partial charge in [0.15, 0.2) is 0 Å². The van der Waals surface area contributed by atoms with E-state index in [1.807, 2.05) is 6.07 Å². The van der Waals surface area contributed by atoms with Gasteiger partial charge in [-0.2, -0.15) is 18.3 Å². The number of ether oxygens (including phenoxy) is 1. The fourth-order valence-corrected chi connectivity index (χ4v) is 6.59. The number of primary amides is 1. The highest BCUT2D eigenvalue weighted by molar-refractivity contribution is 6.08. The van der Waals surface area contributed by atoms with Gasteiger partial charge in [-0.05, 0) is 61.1 Å². The van der Waals surface area contributed by atoms with E-state index in [1.165, 1.54) is 4.90 Å². The summed E-state index contributed by atoms with van der Waals surface area (Å²) in [5.74, 6) is -5.71. The Hall–Kier alpha value is -3.54. The molecule has 3 aliphatic rings. The number of aromatic nitrogens is 2. The van der Waals surface area contributed by atoms with Crippen molar-refractivity contribution in [3.63, 3.8) is 0 Å². The van der Waals surface area contributed by atoms with Crippen LogP contribution in [0.15, 0.2) is 30.5 Å². The van der Waals surface area contributed by atoms with E-state index < -0.39 is 58.6 Å². The quantitative estimate of drug-likeness (QED) is 0.482. The molecule has 38 heavy (non-hydrogen) atoms. The van der Waals surface area contributed by atoms with Crippen LogP contribution in [0.3, 0.4) is 0 Å². The first-order valence-electron chi connectivity index (χ1n) is 12.1. The number of H-pyrrole nitrogens is 1. The van der Waals surface area contributed by atoms with E-state index in [0.717, 1.165) is 5.56 Å². The van der Waals surface area contributed by atoms with Crippen molar-refractivity contribution in [3.8, 4) is 0 Å². The van der Waals surface area contributed by atoms with Gasteiger partial charge in [0, 0.05) is 17.2 Å². The molecule has 2 aliphatic heterocycles. The van der Waals surface area contributed by atoms with E-state index in [-0.39, 0.29) is 42.7 Å². The first-order chi connectivity index (χ1) is 17.9. The minimum Gasteiger partial charge on any atom is -0.381 e. The third kappa shape index (κ3) is 3.53. The second-order valence-corrected chi connectivity index (χ2v) is 10.5. The predicted molar refractivity (Wildman–Crippen MR) is 124 cm³/mol. The summed E-state index contributed by atoms with van der Waals surface area (Å²) >= 11 is 0. The zero-order chi connectivity index (χ0) is 27.1. The van der Waals surface area contributed by atoms with Gasteiger partial charge >= 0.3 is 6.18 Å². The van der Waals surface area contributed by atoms with Gasteiger partial charge in [-0.15, -0.1) is 0 Å². The first-order valence-corrected chi connectivity index (χ1v) is 12.1. The number of hydrogen-bond acceptors (Lipinski definition) is 4. The van der Waals surface area contributed by atoms with Crippen LogP contribution in [0, 0.1) is 30.4 Å². The van der Waals surface area contributed by atoms with Crippen LogP contribution in [0.4, 0.5) is 22.0 Å². The van der Waals surface area contributed by atoms with E-state index in [2.05, 4.69) is 10.2 Å². The maximum absolute atomic E-state index is 15.4. The highest BCUT2D eigenvalue weighted by Gasteiger charge is 2.72. The summed E-state index contributed by atoms with van der Waals surface area (Å²) in [6.07, 6.45) is -2.94. The Labute approximate surface area is 213 Å². The lowest BCUT2D eigenvalue weighted by Crippen LogP contribution is -2.55. The molecule has 200 valence electrons. The lowest BCUT2D eigenvalue weighted by Gasteiger charge is -2.44. The van der Waals surface area contributed by atoms with E-state index >= 15 is 4.39 Å². The number of nitrogens with one attached hydrogen (secondary N) is 1. The summed E-state index contributed by atoms with van der Waals surface area (Å²) in [6, 6.07) is 3.18. The molecule has 3 aromatic rings. The fourth-order valence-electron chi connectivity index (χ4n) is 6.59. The van der Waals surface area contributed by atoms with Gasteiger partial charge in [0.2, 0.25) is 5.91 Å². The number of likely N-dealkylation sites (tertiary alicyclic amines) is 1. The smallest absolute Gasteiger partial charge is 0.381 e. The van der Waals surface area contributed by atoms with Crippen molar-refractivity contribution in [3.05, 3.63) is 64.4 Å². The molecule has 3 N–H and O–H groups in total. The molecule has 7 nitrogen and oxygen atoms in total. The average Bonchev–Trinajstić information content (AvgIpc) is 3.15. The molecular weight excluding hydrogens is 511 g/mol. The summed E-state index contributed by atoms with van der Waals surface area (Å²) in [5.41, 5.74) is 4.03. The topological polar surface area (TPSA) is 101 Å². The molecule has 3 fully saturated rings. The number of alkyl halides is 3. The molecule has 2 amide bonds. The van der Waals surface area contributed by atoms with Gasteiger partial charge in [-0.25, -0.2) is 8.78 Å². The molecule has 4 atom stereocenters. The Bertz CT molecular complexity index is 1480. The molecule has 0 spiro atoms. The third-order valence-electron chi connectivity index (χ3n) is 8.26. The molecular formula is C26H23F5N4O3. The Kier molecular flexibility index (Phi) is 5.36. The van der Waals surface area contributed by atoms with Crippen LogP contribution < -0.4 is 5.73 Å². The van der Waals surface area contributed by atoms with E-state index in [1.54, 1.807) is 19.2 Å². The van der Waals surface area contributed by atoms with Crippen LogP contribution in [0.2, 0.25) is 0 Å². The maximum atomic E-state index is 15.4. The van der Waals surface area contributed by atoms with Crippen LogP contribution in [0.5, 0.6) is 0 Å². The molecule has 2 aromatic carbocycles. The number of benzene rings is 2. The van der Waals surface area contributed by atoms with Gasteiger partial charge in [0.25, 0.3) is 5.91 Å². The third-order valence-corrected chi connectivity index (χ3v) is 8.26. The first kappa shape index (κ1) is 24.8. The molecule has 0 radical (unpaired) electrons. The Morgan fingerprint density at radius 1 is 1.18 bits per heavy atom. The molecule has 6 rings (SSSR count). The van der Waals surface area contributed by atoms with E-state index in [9.17, 15) is 27.2 Å². The van der Waals surface area contributed by atoms with Gasteiger partial charge < -0.3 is 15.4 Å². The van der Waals surface area contributed by atoms with Crippen molar-refractivity contribution in [1.29, 1.82) is 0 Å². The minimum absolute atomic E-state index is 0.153. The normalized spacial score (nSPS) is 25.8. The number of nitrogens with two attached hydrogens (primary N) is 1. The number of carbonyl (C=O) groups excluding carboxylic acids is 2. The monoisotopic (exact) mass is 534 g/mol. The van der Waals surface area contributed by atoms with Gasteiger partial charge in [0.1, 0.15) is 17.7 Å². The van der Waals surface area contributed by atoms with Gasteiger partial charge in [-0.3, -0.25) is 14.7 Å². The number of rotatable bonds is 5. The summed E-state index contributed by atoms with van der Waals surface area (Å²) in [4.78, 5) is 28.1. The maximum Gasteiger partial charge on any atom is 0.419 e. The number of amides is 2. The van der Waals surface area contributed by atoms with Crippen molar-refractivity contribution < 1.29 is 36.3 Å². The van der Waals surface area contributed by atoms with Gasteiger partial charge in [-0.1, -0.05) is 0 Å². The second kappa shape index (κ2) is 8.23. The van der Waals surface area contributed by atoms with Crippen molar-refractivity contribution in [2.75, 3.05) is 13.2 Å². The summed E-state index contributed by atoms with van der Waals surface area (Å²) < 4.78 is 75.2. The fraction of sp³-hybridized carbons (Fsp3) is 0.423. The zero-order valence-corrected chi connectivity index (χ0v) is 20.1. The number of fused-ring (bicyclic) bond motifs is 2. The van der Waals surface area contributed by atoms with Crippen molar-refractivity contribution in [1.82, 2.24) is 15.1 Å². The SMILES string of the molecule is Cc1cc(C(=O)N2C(C(N)=O)CC3CC32[C@@H](c2cc(F)c(C(F)(F)F)cc2F)C2COC2)c2[nH]ncc2c1. The minimum atomic E-state index is -5.08. The van der Waals surface area contributed by atoms with E-state index in [4.69, 9.17) is 10.5 Å². The van der Waals surface area contributed by atoms with Crippen molar-refractivity contribution in [2.24, 2.45) is 17.6 Å². The number of hydrogen-bond donors (Lipinski definition) is 2. The largest absolute Gasteiger partial charge is 0.419 e. The summed E-state index contributed by atoms with van der Waals surface area (Å²) in [7, 11) is 0. The highest BCUT2D eigenvalue weighted by Crippen LogP contribution is 2.67. The Morgan fingerprint density at radius 3 is 2.55 bits per heavy atom. The number of piperidine rings is 1. The van der Waals surface area contributed by atoms with Gasteiger partial charge in [0.05, 0.1) is 41.6 Å². The predicted octanol–water partition coefficient (Wildman–Crippen LogP) is 4.06. The van der Waals surface area contributed by atoms with Crippen LogP contribution in [-0.2, 0) is 15.7 Å². The molecule has 1 aromatic heterocycles. The van der Waals surface area contributed by atoms with Crippen LogP contribution in [0.1, 0.15) is 45.8 Å². The Balaban J connectivity index is 1.51. The number of carbonyl (C=O) groups is 2. The molecule has 1 aliphatic carbocycles. The van der Waals surface area contributed by atoms with Crippen LogP contribution >= 0.6 is 0 Å². The van der Waals surface area contributed by atoms with Crippen LogP contribution in [-0.4, -0.2) is 51.7 Å². The highest BCUT2D eigenvalue weighted by atomic mass is 19.4. The average molecular weight is 534 g/mol.